The number of hydrogen-bond donors (Lipinski definition) is 3. The summed E-state index contributed by atoms with van der Waals surface area (Å²) in [5, 5.41) is 15.8. The quantitative estimate of drug-likeness (QED) is 0.176. The summed E-state index contributed by atoms with van der Waals surface area (Å²) < 4.78 is 11.8. The predicted octanol–water partition coefficient (Wildman–Crippen LogP) is 3.80. The van der Waals surface area contributed by atoms with Gasteiger partial charge in [0.15, 0.2) is 11.9 Å². The van der Waals surface area contributed by atoms with Gasteiger partial charge in [-0.2, -0.15) is 5.26 Å². The molecular formula is C22H18N6O2S. The topological polar surface area (TPSA) is 135 Å². The highest BCUT2D eigenvalue weighted by atomic mass is 32.1. The summed E-state index contributed by atoms with van der Waals surface area (Å²) in [6.07, 6.45) is 0.729. The molecule has 0 saturated carbocycles. The number of nitrogens with two attached hydrogens (primary N) is 2. The smallest absolute Gasteiger partial charge is 0.234 e. The zero-order chi connectivity index (χ0) is 21.6. The van der Waals surface area contributed by atoms with Crippen molar-refractivity contribution < 1.29 is 9.15 Å². The lowest BCUT2D eigenvalue weighted by atomic mass is 10.1. The lowest BCUT2D eigenvalue weighted by Gasteiger charge is -2.20. The SMILES string of the molecule is N#Cc1c(-c2ccco2)cc(-c2cccs2)nc1OC(/C(N)=N/NN)c1ccccc1. The standard InChI is InChI=1S/C22H18N6O2S/c23-13-16-15(18-8-4-10-29-18)12-17(19-9-5-11-31-19)26-22(16)30-20(21(24)27-28-25)14-6-2-1-3-7-14/h1-12,20,28H,25H2,(H2,24,27). The van der Waals surface area contributed by atoms with E-state index in [1.807, 2.05) is 53.9 Å². The van der Waals surface area contributed by atoms with Crippen LogP contribution in [-0.4, -0.2) is 10.8 Å². The molecule has 8 nitrogen and oxygen atoms in total. The number of aromatic nitrogens is 1. The number of benzene rings is 1. The first-order valence-electron chi connectivity index (χ1n) is 9.24. The Morgan fingerprint density at radius 2 is 2.03 bits per heavy atom. The van der Waals surface area contributed by atoms with Gasteiger partial charge in [-0.1, -0.05) is 36.4 Å². The molecule has 0 saturated heterocycles. The molecule has 1 atom stereocenters. The summed E-state index contributed by atoms with van der Waals surface area (Å²) in [6, 6.07) is 20.7. The summed E-state index contributed by atoms with van der Waals surface area (Å²) in [5.74, 6) is 6.05. The first-order valence-corrected chi connectivity index (χ1v) is 10.1. The zero-order valence-electron chi connectivity index (χ0n) is 16.2. The van der Waals surface area contributed by atoms with E-state index in [4.69, 9.17) is 20.7 Å². The molecule has 1 unspecified atom stereocenters. The maximum atomic E-state index is 9.94. The van der Waals surface area contributed by atoms with Gasteiger partial charge in [0.2, 0.25) is 5.88 Å². The fourth-order valence-electron chi connectivity index (χ4n) is 3.06. The van der Waals surface area contributed by atoms with Gasteiger partial charge in [-0.15, -0.1) is 16.4 Å². The van der Waals surface area contributed by atoms with Gasteiger partial charge < -0.3 is 14.9 Å². The number of hydrazone groups is 1. The van der Waals surface area contributed by atoms with E-state index in [2.05, 4.69) is 21.7 Å². The number of amidine groups is 1. The van der Waals surface area contributed by atoms with Gasteiger partial charge in [-0.25, -0.2) is 16.4 Å². The molecule has 0 amide bonds. The molecule has 5 N–H and O–H groups in total. The third-order valence-electron chi connectivity index (χ3n) is 4.45. The van der Waals surface area contributed by atoms with E-state index in [0.29, 0.717) is 17.0 Å². The second kappa shape index (κ2) is 9.13. The highest BCUT2D eigenvalue weighted by Crippen LogP contribution is 2.36. The van der Waals surface area contributed by atoms with E-state index in [1.165, 1.54) is 11.3 Å². The second-order valence-electron chi connectivity index (χ2n) is 6.38. The number of hydrogen-bond acceptors (Lipinski definition) is 8. The minimum Gasteiger partial charge on any atom is -0.464 e. The van der Waals surface area contributed by atoms with Crippen LogP contribution in [0.5, 0.6) is 5.88 Å². The molecule has 0 fully saturated rings. The van der Waals surface area contributed by atoms with Crippen LogP contribution < -0.4 is 21.8 Å². The number of ether oxygens (including phenoxy) is 1. The monoisotopic (exact) mass is 430 g/mol. The summed E-state index contributed by atoms with van der Waals surface area (Å²) in [5.41, 5.74) is 10.5. The fourth-order valence-corrected chi connectivity index (χ4v) is 3.75. The van der Waals surface area contributed by atoms with Crippen molar-refractivity contribution in [3.63, 3.8) is 0 Å². The molecule has 3 heterocycles. The van der Waals surface area contributed by atoms with Gasteiger partial charge in [0.1, 0.15) is 17.4 Å². The van der Waals surface area contributed by atoms with Crippen LogP contribution in [0.4, 0.5) is 0 Å². The second-order valence-corrected chi connectivity index (χ2v) is 7.32. The molecule has 0 aliphatic rings. The van der Waals surface area contributed by atoms with Crippen molar-refractivity contribution in [2.45, 2.75) is 6.10 Å². The third-order valence-corrected chi connectivity index (χ3v) is 5.34. The average molecular weight is 430 g/mol. The first-order chi connectivity index (χ1) is 15.2. The zero-order valence-corrected chi connectivity index (χ0v) is 17.0. The number of pyridine rings is 1. The number of rotatable bonds is 7. The van der Waals surface area contributed by atoms with Gasteiger partial charge in [0.05, 0.1) is 16.8 Å². The summed E-state index contributed by atoms with van der Waals surface area (Å²) in [4.78, 5) is 5.55. The molecule has 9 heteroatoms. The van der Waals surface area contributed by atoms with E-state index in [9.17, 15) is 5.26 Å². The van der Waals surface area contributed by atoms with E-state index in [0.717, 1.165) is 10.4 Å². The maximum absolute atomic E-state index is 9.94. The number of nitriles is 1. The lowest BCUT2D eigenvalue weighted by Crippen LogP contribution is -2.31. The van der Waals surface area contributed by atoms with Gasteiger partial charge in [0.25, 0.3) is 0 Å². The molecule has 0 bridgehead atoms. The van der Waals surface area contributed by atoms with Gasteiger partial charge in [-0.3, -0.25) is 0 Å². The number of thiophene rings is 1. The molecule has 4 rings (SSSR count). The molecule has 0 radical (unpaired) electrons. The van der Waals surface area contributed by atoms with Crippen molar-refractivity contribution in [2.75, 3.05) is 0 Å². The van der Waals surface area contributed by atoms with E-state index in [1.54, 1.807) is 18.4 Å². The lowest BCUT2D eigenvalue weighted by molar-refractivity contribution is 0.259. The van der Waals surface area contributed by atoms with Gasteiger partial charge in [0, 0.05) is 11.1 Å². The molecule has 3 aromatic heterocycles. The molecule has 0 spiro atoms. The number of nitrogens with one attached hydrogen (secondary N) is 1. The predicted molar refractivity (Wildman–Crippen MR) is 119 cm³/mol. The summed E-state index contributed by atoms with van der Waals surface area (Å²) in [7, 11) is 0. The van der Waals surface area contributed by atoms with Crippen LogP contribution in [-0.2, 0) is 0 Å². The van der Waals surface area contributed by atoms with Crippen molar-refractivity contribution in [3.8, 4) is 33.8 Å². The summed E-state index contributed by atoms with van der Waals surface area (Å²) in [6.45, 7) is 0. The average Bonchev–Trinajstić information content (AvgIpc) is 3.52. The van der Waals surface area contributed by atoms with Crippen molar-refractivity contribution >= 4 is 17.2 Å². The van der Waals surface area contributed by atoms with Crippen LogP contribution in [0.1, 0.15) is 17.2 Å². The molecule has 31 heavy (non-hydrogen) atoms. The van der Waals surface area contributed by atoms with Crippen LogP contribution >= 0.6 is 11.3 Å². The Bertz CT molecular complexity index is 1220. The Morgan fingerprint density at radius 3 is 2.68 bits per heavy atom. The van der Waals surface area contributed by atoms with E-state index < -0.39 is 6.10 Å². The first kappa shape index (κ1) is 20.2. The molecule has 4 aromatic rings. The van der Waals surface area contributed by atoms with E-state index >= 15 is 0 Å². The highest BCUT2D eigenvalue weighted by molar-refractivity contribution is 7.13. The molecular weight excluding hydrogens is 412 g/mol. The van der Waals surface area contributed by atoms with Crippen LogP contribution in [0.2, 0.25) is 0 Å². The van der Waals surface area contributed by atoms with Crippen LogP contribution in [0.15, 0.2) is 81.8 Å². The van der Waals surface area contributed by atoms with Crippen molar-refractivity contribution in [3.05, 3.63) is 83.4 Å². The molecule has 0 aliphatic carbocycles. The molecule has 1 aromatic carbocycles. The Labute approximate surface area is 182 Å². The van der Waals surface area contributed by atoms with Crippen LogP contribution in [0, 0.1) is 11.3 Å². The normalized spacial score (nSPS) is 12.2. The van der Waals surface area contributed by atoms with Gasteiger partial charge in [-0.05, 0) is 29.6 Å². The van der Waals surface area contributed by atoms with Crippen molar-refractivity contribution in [1.29, 1.82) is 5.26 Å². The number of hydrazine groups is 1. The fraction of sp³-hybridized carbons (Fsp3) is 0.0455. The Kier molecular flexibility index (Phi) is 5.93. The minimum atomic E-state index is -0.820. The van der Waals surface area contributed by atoms with Crippen molar-refractivity contribution in [1.82, 2.24) is 10.5 Å². The third kappa shape index (κ3) is 4.25. The maximum Gasteiger partial charge on any atom is 0.234 e. The van der Waals surface area contributed by atoms with Crippen molar-refractivity contribution in [2.24, 2.45) is 16.7 Å². The molecule has 154 valence electrons. The summed E-state index contributed by atoms with van der Waals surface area (Å²) >= 11 is 1.53. The number of furan rings is 1. The Balaban J connectivity index is 1.88. The highest BCUT2D eigenvalue weighted by Gasteiger charge is 2.24. The molecule has 0 aliphatic heterocycles. The van der Waals surface area contributed by atoms with Gasteiger partial charge >= 0.3 is 0 Å². The van der Waals surface area contributed by atoms with Crippen LogP contribution in [0.3, 0.4) is 0 Å². The van der Waals surface area contributed by atoms with E-state index in [-0.39, 0.29) is 17.3 Å². The minimum absolute atomic E-state index is 0.0838. The Hall–Kier alpha value is -4.13. The van der Waals surface area contributed by atoms with Crippen LogP contribution in [0.25, 0.3) is 21.9 Å². The largest absolute Gasteiger partial charge is 0.464 e. The Morgan fingerprint density at radius 1 is 1.19 bits per heavy atom. The number of nitrogens with zero attached hydrogens (tertiary/aromatic N) is 3.